The van der Waals surface area contributed by atoms with Gasteiger partial charge in [-0.05, 0) is 24.3 Å². The number of nitrogens with one attached hydrogen (secondary N) is 1. The van der Waals surface area contributed by atoms with Crippen LogP contribution in [0.3, 0.4) is 0 Å². The Labute approximate surface area is 89.4 Å². The Balaban J connectivity index is 2.59. The Bertz CT molecular complexity index is 411. The highest BCUT2D eigenvalue weighted by atomic mass is 15.1. The highest BCUT2D eigenvalue weighted by molar-refractivity contribution is 5.59. The van der Waals surface area contributed by atoms with Crippen LogP contribution < -0.4 is 16.8 Å². The minimum Gasteiger partial charge on any atom is -0.384 e. The fourth-order valence-corrected chi connectivity index (χ4v) is 1.80. The zero-order valence-electron chi connectivity index (χ0n) is 8.99. The summed E-state index contributed by atoms with van der Waals surface area (Å²) >= 11 is 0. The Morgan fingerprint density at radius 3 is 2.87 bits per heavy atom. The summed E-state index contributed by atoms with van der Waals surface area (Å²) in [6, 6.07) is 1.84. The molecule has 1 aromatic rings. The smallest absolute Gasteiger partial charge is 0.123 e. The Morgan fingerprint density at radius 2 is 2.20 bits per heavy atom. The van der Waals surface area contributed by atoms with Gasteiger partial charge in [0.05, 0.1) is 0 Å². The average Bonchev–Trinajstić information content (AvgIpc) is 2.19. The predicted molar refractivity (Wildman–Crippen MR) is 61.5 cm³/mol. The summed E-state index contributed by atoms with van der Waals surface area (Å²) in [7, 11) is 0. The van der Waals surface area contributed by atoms with E-state index < -0.39 is 5.66 Å². The number of anilines is 1. The van der Waals surface area contributed by atoms with Crippen molar-refractivity contribution in [2.45, 2.75) is 19.5 Å². The first-order chi connectivity index (χ1) is 7.04. The van der Waals surface area contributed by atoms with E-state index in [0.717, 1.165) is 11.1 Å². The molecule has 1 aliphatic rings. The minimum absolute atomic E-state index is 0.267. The molecule has 0 spiro atoms. The van der Waals surface area contributed by atoms with Crippen LogP contribution in [0, 0.1) is 5.92 Å². The number of pyridine rings is 1. The lowest BCUT2D eigenvalue weighted by atomic mass is 9.85. The topological polar surface area (TPSA) is 77.0 Å². The van der Waals surface area contributed by atoms with Gasteiger partial charge in [0.1, 0.15) is 11.5 Å². The first kappa shape index (κ1) is 9.98. The van der Waals surface area contributed by atoms with Gasteiger partial charge in [-0.1, -0.05) is 13.8 Å². The number of aromatic nitrogens is 1. The molecular weight excluding hydrogens is 188 g/mol. The molecule has 0 fully saturated rings. The molecule has 4 nitrogen and oxygen atoms in total. The minimum atomic E-state index is -0.554. The lowest BCUT2D eigenvalue weighted by Crippen LogP contribution is -2.53. The van der Waals surface area contributed by atoms with Crippen molar-refractivity contribution < 1.29 is 0 Å². The average molecular weight is 204 g/mol. The first-order valence-electron chi connectivity index (χ1n) is 5.03. The summed E-state index contributed by atoms with van der Waals surface area (Å²) < 4.78 is 0. The van der Waals surface area contributed by atoms with Crippen LogP contribution in [0.15, 0.2) is 18.5 Å². The number of fused-ring (bicyclic) bond motifs is 1. The van der Waals surface area contributed by atoms with Crippen LogP contribution in [-0.4, -0.2) is 4.98 Å². The maximum atomic E-state index is 6.34. The molecule has 2 rings (SSSR count). The number of hydrogen-bond acceptors (Lipinski definition) is 4. The molecule has 15 heavy (non-hydrogen) atoms. The molecule has 0 amide bonds. The van der Waals surface area contributed by atoms with E-state index in [0.29, 0.717) is 5.82 Å². The molecule has 1 aromatic heterocycles. The van der Waals surface area contributed by atoms with Gasteiger partial charge in [0, 0.05) is 17.3 Å². The maximum Gasteiger partial charge on any atom is 0.123 e. The Morgan fingerprint density at radius 1 is 1.47 bits per heavy atom. The van der Waals surface area contributed by atoms with Gasteiger partial charge < -0.3 is 16.8 Å². The number of nitrogens with two attached hydrogens (primary N) is 2. The molecule has 0 bridgehead atoms. The molecule has 0 saturated heterocycles. The highest BCUT2D eigenvalue weighted by Crippen LogP contribution is 2.31. The monoisotopic (exact) mass is 204 g/mol. The van der Waals surface area contributed by atoms with Crippen LogP contribution >= 0.6 is 0 Å². The van der Waals surface area contributed by atoms with E-state index in [1.807, 2.05) is 18.3 Å². The van der Waals surface area contributed by atoms with Crippen molar-refractivity contribution >= 4 is 11.9 Å². The van der Waals surface area contributed by atoms with Gasteiger partial charge in [-0.25, -0.2) is 4.98 Å². The molecule has 1 unspecified atom stereocenters. The SMILES string of the molecule is CC(C)C1(N)NC=Cc2cnc(N)cc21. The van der Waals surface area contributed by atoms with Crippen molar-refractivity contribution in [3.63, 3.8) is 0 Å². The summed E-state index contributed by atoms with van der Waals surface area (Å²) in [4.78, 5) is 4.06. The molecule has 0 aromatic carbocycles. The molecule has 1 aliphatic heterocycles. The molecule has 4 heteroatoms. The second-order valence-electron chi connectivity index (χ2n) is 4.20. The van der Waals surface area contributed by atoms with Crippen molar-refractivity contribution in [3.05, 3.63) is 29.6 Å². The summed E-state index contributed by atoms with van der Waals surface area (Å²) in [5, 5.41) is 3.19. The normalized spacial score (nSPS) is 23.7. The van der Waals surface area contributed by atoms with Crippen molar-refractivity contribution in [2.75, 3.05) is 5.73 Å². The van der Waals surface area contributed by atoms with Crippen LogP contribution in [0.1, 0.15) is 25.0 Å². The van der Waals surface area contributed by atoms with Crippen molar-refractivity contribution in [3.8, 4) is 0 Å². The fraction of sp³-hybridized carbons (Fsp3) is 0.364. The van der Waals surface area contributed by atoms with E-state index in [4.69, 9.17) is 11.5 Å². The van der Waals surface area contributed by atoms with Gasteiger partial charge in [-0.15, -0.1) is 0 Å². The highest BCUT2D eigenvalue weighted by Gasteiger charge is 2.33. The summed E-state index contributed by atoms with van der Waals surface area (Å²) in [5.41, 5.74) is 13.5. The second kappa shape index (κ2) is 3.24. The van der Waals surface area contributed by atoms with Gasteiger partial charge in [0.25, 0.3) is 0 Å². The summed E-state index contributed by atoms with van der Waals surface area (Å²) in [6.45, 7) is 4.15. The zero-order valence-corrected chi connectivity index (χ0v) is 8.99. The van der Waals surface area contributed by atoms with Gasteiger partial charge in [-0.3, -0.25) is 0 Å². The van der Waals surface area contributed by atoms with E-state index in [9.17, 15) is 0 Å². The molecule has 0 radical (unpaired) electrons. The Hall–Kier alpha value is -1.55. The van der Waals surface area contributed by atoms with E-state index in [2.05, 4.69) is 24.1 Å². The van der Waals surface area contributed by atoms with Crippen LogP contribution in [0.2, 0.25) is 0 Å². The van der Waals surface area contributed by atoms with Crippen LogP contribution in [0.5, 0.6) is 0 Å². The quantitative estimate of drug-likeness (QED) is 0.638. The van der Waals surface area contributed by atoms with Crippen LogP contribution in [0.4, 0.5) is 5.82 Å². The first-order valence-corrected chi connectivity index (χ1v) is 5.03. The van der Waals surface area contributed by atoms with E-state index in [1.54, 1.807) is 6.20 Å². The van der Waals surface area contributed by atoms with E-state index in [-0.39, 0.29) is 5.92 Å². The number of rotatable bonds is 1. The van der Waals surface area contributed by atoms with Crippen LogP contribution in [0.25, 0.3) is 6.08 Å². The zero-order chi connectivity index (χ0) is 11.1. The van der Waals surface area contributed by atoms with Crippen molar-refractivity contribution in [1.29, 1.82) is 0 Å². The van der Waals surface area contributed by atoms with Gasteiger partial charge in [-0.2, -0.15) is 0 Å². The number of nitrogen functional groups attached to an aromatic ring is 1. The third-order valence-corrected chi connectivity index (χ3v) is 2.90. The standard InChI is InChI=1S/C11H16N4/c1-7(2)11(13)9-5-10(12)14-6-8(9)3-4-15-11/h3-7,15H,13H2,1-2H3,(H2,12,14). The number of nitrogens with zero attached hydrogens (tertiary/aromatic N) is 1. The third-order valence-electron chi connectivity index (χ3n) is 2.90. The lowest BCUT2D eigenvalue weighted by Gasteiger charge is -2.38. The van der Waals surface area contributed by atoms with Crippen LogP contribution in [-0.2, 0) is 5.66 Å². The third kappa shape index (κ3) is 1.47. The molecule has 80 valence electrons. The Kier molecular flexibility index (Phi) is 2.16. The molecular formula is C11H16N4. The van der Waals surface area contributed by atoms with E-state index >= 15 is 0 Å². The summed E-state index contributed by atoms with van der Waals surface area (Å²) in [6.07, 6.45) is 5.57. The van der Waals surface area contributed by atoms with Gasteiger partial charge >= 0.3 is 0 Å². The molecule has 0 saturated carbocycles. The maximum absolute atomic E-state index is 6.34. The van der Waals surface area contributed by atoms with Crippen molar-refractivity contribution in [2.24, 2.45) is 11.7 Å². The van der Waals surface area contributed by atoms with E-state index in [1.165, 1.54) is 0 Å². The number of hydrogen-bond donors (Lipinski definition) is 3. The van der Waals surface area contributed by atoms with Gasteiger partial charge in [0.15, 0.2) is 0 Å². The largest absolute Gasteiger partial charge is 0.384 e. The molecule has 5 N–H and O–H groups in total. The second-order valence-corrected chi connectivity index (χ2v) is 4.20. The van der Waals surface area contributed by atoms with Gasteiger partial charge in [0.2, 0.25) is 0 Å². The lowest BCUT2D eigenvalue weighted by molar-refractivity contribution is 0.276. The predicted octanol–water partition coefficient (Wildman–Crippen LogP) is 1.01. The molecule has 1 atom stereocenters. The summed E-state index contributed by atoms with van der Waals surface area (Å²) in [5.74, 6) is 0.768. The fourth-order valence-electron chi connectivity index (χ4n) is 1.80. The molecule has 2 heterocycles. The molecule has 0 aliphatic carbocycles. The van der Waals surface area contributed by atoms with Crippen molar-refractivity contribution in [1.82, 2.24) is 10.3 Å².